The fraction of sp³-hybridized carbons (Fsp3) is 0.143. The van der Waals surface area contributed by atoms with Crippen molar-refractivity contribution in [3.05, 3.63) is 53.7 Å². The number of ether oxygens (including phenoxy) is 1. The highest BCUT2D eigenvalue weighted by molar-refractivity contribution is 5.96. The minimum atomic E-state index is -0.726. The molecule has 0 aliphatic rings. The fourth-order valence-corrected chi connectivity index (χ4v) is 1.70. The molecule has 0 fully saturated rings. The van der Waals surface area contributed by atoms with Gasteiger partial charge in [0, 0.05) is 17.8 Å². The summed E-state index contributed by atoms with van der Waals surface area (Å²) in [7, 11) is 0. The van der Waals surface area contributed by atoms with Crippen LogP contribution in [0.1, 0.15) is 17.3 Å². The number of benzene rings is 1. The van der Waals surface area contributed by atoms with Crippen molar-refractivity contribution in [1.82, 2.24) is 4.98 Å². The lowest BCUT2D eigenvalue weighted by atomic mass is 10.1. The van der Waals surface area contributed by atoms with Gasteiger partial charge in [0.15, 0.2) is 0 Å². The van der Waals surface area contributed by atoms with Crippen LogP contribution in [-0.2, 0) is 4.74 Å². The summed E-state index contributed by atoms with van der Waals surface area (Å²) in [4.78, 5) is 15.8. The largest absolute Gasteiger partial charge is 0.462 e. The van der Waals surface area contributed by atoms with Gasteiger partial charge in [0.25, 0.3) is 0 Å². The summed E-state index contributed by atoms with van der Waals surface area (Å²) in [6.45, 7) is 1.89. The minimum Gasteiger partial charge on any atom is -0.462 e. The Balaban J connectivity index is 2.52. The van der Waals surface area contributed by atoms with Crippen LogP contribution in [-0.4, -0.2) is 17.6 Å². The second-order valence-corrected chi connectivity index (χ2v) is 3.78. The van der Waals surface area contributed by atoms with Gasteiger partial charge in [-0.3, -0.25) is 4.98 Å². The number of aromatic nitrogens is 1. The average Bonchev–Trinajstić information content (AvgIpc) is 2.38. The zero-order valence-corrected chi connectivity index (χ0v) is 10.2. The van der Waals surface area contributed by atoms with Crippen LogP contribution >= 0.6 is 0 Å². The first-order chi connectivity index (χ1) is 9.11. The second-order valence-electron chi connectivity index (χ2n) is 3.78. The number of esters is 1. The van der Waals surface area contributed by atoms with Crippen molar-refractivity contribution < 1.29 is 18.3 Å². The van der Waals surface area contributed by atoms with Crippen LogP contribution in [0.3, 0.4) is 0 Å². The van der Waals surface area contributed by atoms with E-state index in [1.54, 1.807) is 13.0 Å². The summed E-state index contributed by atoms with van der Waals surface area (Å²) in [5, 5.41) is 0. The van der Waals surface area contributed by atoms with Crippen molar-refractivity contribution in [2.24, 2.45) is 0 Å². The quantitative estimate of drug-likeness (QED) is 0.798. The number of carbonyl (C=O) groups is 1. The molecule has 1 aromatic heterocycles. The average molecular weight is 263 g/mol. The Morgan fingerprint density at radius 2 is 1.95 bits per heavy atom. The molecule has 0 N–H and O–H groups in total. The molecule has 0 aliphatic carbocycles. The molecule has 0 spiro atoms. The van der Waals surface area contributed by atoms with Crippen molar-refractivity contribution in [2.75, 3.05) is 6.61 Å². The van der Waals surface area contributed by atoms with Crippen molar-refractivity contribution in [3.63, 3.8) is 0 Å². The molecule has 0 amide bonds. The molecule has 1 heterocycles. The van der Waals surface area contributed by atoms with E-state index in [2.05, 4.69) is 4.98 Å². The summed E-state index contributed by atoms with van der Waals surface area (Å²) in [5.74, 6) is -2.03. The lowest BCUT2D eigenvalue weighted by Crippen LogP contribution is -2.07. The normalized spacial score (nSPS) is 10.3. The van der Waals surface area contributed by atoms with Crippen LogP contribution in [0, 0.1) is 11.6 Å². The van der Waals surface area contributed by atoms with Crippen LogP contribution in [0.25, 0.3) is 11.3 Å². The topological polar surface area (TPSA) is 39.2 Å². The van der Waals surface area contributed by atoms with Crippen LogP contribution in [0.4, 0.5) is 8.78 Å². The molecule has 1 aromatic carbocycles. The number of hydrogen-bond donors (Lipinski definition) is 0. The van der Waals surface area contributed by atoms with Crippen molar-refractivity contribution in [3.8, 4) is 11.3 Å². The first-order valence-corrected chi connectivity index (χ1v) is 5.70. The molecular weight excluding hydrogens is 252 g/mol. The van der Waals surface area contributed by atoms with Gasteiger partial charge in [-0.05, 0) is 31.2 Å². The van der Waals surface area contributed by atoms with Gasteiger partial charge in [-0.1, -0.05) is 0 Å². The van der Waals surface area contributed by atoms with Crippen molar-refractivity contribution >= 4 is 5.97 Å². The molecule has 3 nitrogen and oxygen atoms in total. The predicted octanol–water partition coefficient (Wildman–Crippen LogP) is 3.20. The third kappa shape index (κ3) is 2.93. The zero-order chi connectivity index (χ0) is 13.8. The number of pyridine rings is 1. The molecule has 0 atom stereocenters. The third-order valence-electron chi connectivity index (χ3n) is 2.44. The van der Waals surface area contributed by atoms with E-state index >= 15 is 0 Å². The maximum Gasteiger partial charge on any atom is 0.340 e. The van der Waals surface area contributed by atoms with Gasteiger partial charge < -0.3 is 4.74 Å². The number of halogens is 2. The van der Waals surface area contributed by atoms with Gasteiger partial charge in [-0.25, -0.2) is 13.6 Å². The summed E-state index contributed by atoms with van der Waals surface area (Å²) in [6.07, 6.45) is 1.45. The Kier molecular flexibility index (Phi) is 3.85. The Bertz CT molecular complexity index is 594. The van der Waals surface area contributed by atoms with Crippen LogP contribution in [0.15, 0.2) is 36.5 Å². The zero-order valence-electron chi connectivity index (χ0n) is 10.2. The number of rotatable bonds is 3. The lowest BCUT2D eigenvalue weighted by Gasteiger charge is -2.08. The molecule has 0 saturated heterocycles. The van der Waals surface area contributed by atoms with E-state index in [-0.39, 0.29) is 23.4 Å². The van der Waals surface area contributed by atoms with Crippen molar-refractivity contribution in [2.45, 2.75) is 6.92 Å². The Labute approximate surface area is 108 Å². The standard InChI is InChI=1S/C14H11F2NO2/c1-2-19-14(18)12-4-3-5-17-13(12)9-6-10(15)8-11(16)7-9/h3-8H,2H2,1H3. The molecule has 0 radical (unpaired) electrons. The van der Waals surface area contributed by atoms with E-state index in [4.69, 9.17) is 4.74 Å². The lowest BCUT2D eigenvalue weighted by molar-refractivity contribution is 0.0527. The highest BCUT2D eigenvalue weighted by atomic mass is 19.1. The van der Waals surface area contributed by atoms with Gasteiger partial charge in [-0.2, -0.15) is 0 Å². The van der Waals surface area contributed by atoms with Crippen LogP contribution in [0.2, 0.25) is 0 Å². The van der Waals surface area contributed by atoms with Crippen LogP contribution < -0.4 is 0 Å². The van der Waals surface area contributed by atoms with E-state index in [0.717, 1.165) is 18.2 Å². The Hall–Kier alpha value is -2.30. The highest BCUT2D eigenvalue weighted by Gasteiger charge is 2.15. The number of carbonyl (C=O) groups excluding carboxylic acids is 1. The predicted molar refractivity (Wildman–Crippen MR) is 65.5 cm³/mol. The number of hydrogen-bond acceptors (Lipinski definition) is 3. The second kappa shape index (κ2) is 5.56. The summed E-state index contributed by atoms with van der Waals surface area (Å²) >= 11 is 0. The smallest absolute Gasteiger partial charge is 0.340 e. The van der Waals surface area contributed by atoms with Crippen LogP contribution in [0.5, 0.6) is 0 Å². The summed E-state index contributed by atoms with van der Waals surface area (Å²) in [6, 6.07) is 6.06. The van der Waals surface area contributed by atoms with E-state index in [1.165, 1.54) is 12.3 Å². The first kappa shape index (κ1) is 13.1. The molecule has 19 heavy (non-hydrogen) atoms. The minimum absolute atomic E-state index is 0.175. The SMILES string of the molecule is CCOC(=O)c1cccnc1-c1cc(F)cc(F)c1. The van der Waals surface area contributed by atoms with E-state index in [0.29, 0.717) is 0 Å². The molecule has 98 valence electrons. The Morgan fingerprint density at radius 1 is 1.26 bits per heavy atom. The molecule has 0 unspecified atom stereocenters. The fourth-order valence-electron chi connectivity index (χ4n) is 1.70. The molecule has 0 bridgehead atoms. The first-order valence-electron chi connectivity index (χ1n) is 5.70. The molecule has 0 aliphatic heterocycles. The third-order valence-corrected chi connectivity index (χ3v) is 2.44. The number of nitrogens with zero attached hydrogens (tertiary/aromatic N) is 1. The maximum atomic E-state index is 13.2. The molecule has 2 aromatic rings. The van der Waals surface area contributed by atoms with Gasteiger partial charge in [0.05, 0.1) is 17.9 Å². The van der Waals surface area contributed by atoms with E-state index in [9.17, 15) is 13.6 Å². The van der Waals surface area contributed by atoms with Crippen molar-refractivity contribution in [1.29, 1.82) is 0 Å². The van der Waals surface area contributed by atoms with Gasteiger partial charge in [-0.15, -0.1) is 0 Å². The molecular formula is C14H11F2NO2. The van der Waals surface area contributed by atoms with E-state index in [1.807, 2.05) is 0 Å². The summed E-state index contributed by atoms with van der Waals surface area (Å²) in [5.41, 5.74) is 0.565. The molecule has 0 saturated carbocycles. The molecule has 5 heteroatoms. The molecule has 2 rings (SSSR count). The van der Waals surface area contributed by atoms with Gasteiger partial charge in [0.2, 0.25) is 0 Å². The van der Waals surface area contributed by atoms with Gasteiger partial charge in [0.1, 0.15) is 11.6 Å². The Morgan fingerprint density at radius 3 is 2.58 bits per heavy atom. The van der Waals surface area contributed by atoms with E-state index < -0.39 is 17.6 Å². The highest BCUT2D eigenvalue weighted by Crippen LogP contribution is 2.23. The summed E-state index contributed by atoms with van der Waals surface area (Å²) < 4.78 is 31.3. The maximum absolute atomic E-state index is 13.2. The monoisotopic (exact) mass is 263 g/mol. The van der Waals surface area contributed by atoms with Gasteiger partial charge >= 0.3 is 5.97 Å².